The van der Waals surface area contributed by atoms with Crippen LogP contribution in [0.1, 0.15) is 6.92 Å². The van der Waals surface area contributed by atoms with Gasteiger partial charge in [0.05, 0.1) is 12.2 Å². The average molecular weight is 224 g/mol. The van der Waals surface area contributed by atoms with Crippen molar-refractivity contribution in [3.63, 3.8) is 0 Å². The van der Waals surface area contributed by atoms with Crippen LogP contribution in [0.3, 0.4) is 0 Å². The first-order valence-corrected chi connectivity index (χ1v) is 4.86. The highest BCUT2D eigenvalue weighted by atomic mass is 19.1. The molecule has 0 atom stereocenters. The summed E-state index contributed by atoms with van der Waals surface area (Å²) in [7, 11) is 0. The Bertz CT molecular complexity index is 388. The van der Waals surface area contributed by atoms with Gasteiger partial charge in [0.25, 0.3) is 0 Å². The molecule has 0 fully saturated rings. The molecule has 4 heteroatoms. The number of hydrogen-bond donors (Lipinski definition) is 0. The Hall–Kier alpha value is -1.84. The Labute approximate surface area is 93.5 Å². The number of hydrogen-bond acceptors (Lipinski definition) is 3. The summed E-state index contributed by atoms with van der Waals surface area (Å²) in [5, 5.41) is 0. The second-order valence-corrected chi connectivity index (χ2v) is 3.07. The Morgan fingerprint density at radius 2 is 2.25 bits per heavy atom. The molecule has 0 saturated carbocycles. The molecule has 0 heterocycles. The van der Waals surface area contributed by atoms with E-state index < -0.39 is 5.97 Å². The molecule has 0 aromatic heterocycles. The van der Waals surface area contributed by atoms with Crippen molar-refractivity contribution < 1.29 is 18.7 Å². The first-order valence-electron chi connectivity index (χ1n) is 4.86. The molecule has 1 rings (SSSR count). The Morgan fingerprint density at radius 1 is 1.50 bits per heavy atom. The molecular weight excluding hydrogens is 211 g/mol. The van der Waals surface area contributed by atoms with Crippen LogP contribution in [0.25, 0.3) is 0 Å². The number of halogens is 1. The van der Waals surface area contributed by atoms with E-state index in [-0.39, 0.29) is 24.6 Å². The van der Waals surface area contributed by atoms with Crippen molar-refractivity contribution in [2.75, 3.05) is 13.2 Å². The quantitative estimate of drug-likeness (QED) is 0.568. The fourth-order valence-electron chi connectivity index (χ4n) is 1.02. The minimum atomic E-state index is -0.501. The van der Waals surface area contributed by atoms with Crippen molar-refractivity contribution in [3.05, 3.63) is 42.2 Å². The lowest BCUT2D eigenvalue weighted by atomic mass is 10.3. The highest BCUT2D eigenvalue weighted by Crippen LogP contribution is 2.12. The van der Waals surface area contributed by atoms with Crippen molar-refractivity contribution in [1.29, 1.82) is 0 Å². The third kappa shape index (κ3) is 3.73. The normalized spacial score (nSPS) is 9.62. The molecule has 0 aliphatic carbocycles. The van der Waals surface area contributed by atoms with Crippen molar-refractivity contribution in [1.82, 2.24) is 0 Å². The van der Waals surface area contributed by atoms with Crippen LogP contribution in [0.5, 0.6) is 5.75 Å². The van der Waals surface area contributed by atoms with Gasteiger partial charge in [-0.1, -0.05) is 12.6 Å². The number of rotatable bonds is 5. The fraction of sp³-hybridized carbons (Fsp3) is 0.250. The number of carbonyl (C=O) groups excluding carboxylic acids is 1. The molecule has 0 N–H and O–H groups in total. The molecule has 16 heavy (non-hydrogen) atoms. The van der Waals surface area contributed by atoms with Gasteiger partial charge in [-0.15, -0.1) is 0 Å². The van der Waals surface area contributed by atoms with E-state index in [9.17, 15) is 9.18 Å². The summed E-state index contributed by atoms with van der Waals surface area (Å²) in [6, 6.07) is 5.67. The largest absolute Gasteiger partial charge is 0.489 e. The molecule has 0 spiro atoms. The molecule has 0 bridgehead atoms. The van der Waals surface area contributed by atoms with Crippen molar-refractivity contribution >= 4 is 5.97 Å². The van der Waals surface area contributed by atoms with Gasteiger partial charge < -0.3 is 9.47 Å². The molecule has 0 aliphatic heterocycles. The summed E-state index contributed by atoms with van der Waals surface area (Å²) in [6.45, 7) is 5.50. The van der Waals surface area contributed by atoms with Crippen LogP contribution in [0, 0.1) is 5.82 Å². The van der Waals surface area contributed by atoms with Crippen LogP contribution in [0.2, 0.25) is 0 Å². The Balaban J connectivity index is 2.46. The number of ether oxygens (including phenoxy) is 2. The monoisotopic (exact) mass is 224 g/mol. The summed E-state index contributed by atoms with van der Waals surface area (Å²) in [6.07, 6.45) is 0. The summed E-state index contributed by atoms with van der Waals surface area (Å²) in [5.74, 6) is -0.538. The Morgan fingerprint density at radius 3 is 2.88 bits per heavy atom. The molecule has 3 nitrogen and oxygen atoms in total. The predicted octanol–water partition coefficient (Wildman–Crippen LogP) is 2.32. The lowest BCUT2D eigenvalue weighted by molar-refractivity contribution is -0.138. The molecular formula is C12H13FO3. The van der Waals surface area contributed by atoms with E-state index in [0.29, 0.717) is 5.75 Å². The number of esters is 1. The SMILES string of the molecule is C=C(COc1cccc(F)c1)C(=O)OCC. The van der Waals surface area contributed by atoms with E-state index in [1.54, 1.807) is 13.0 Å². The number of benzene rings is 1. The Kier molecular flexibility index (Phi) is 4.51. The molecule has 0 unspecified atom stereocenters. The van der Waals surface area contributed by atoms with Crippen LogP contribution in [0.15, 0.2) is 36.4 Å². The maximum absolute atomic E-state index is 12.8. The van der Waals surface area contributed by atoms with Crippen molar-refractivity contribution in [3.8, 4) is 5.75 Å². The van der Waals surface area contributed by atoms with Crippen LogP contribution in [0.4, 0.5) is 4.39 Å². The van der Waals surface area contributed by atoms with Gasteiger partial charge in [-0.25, -0.2) is 9.18 Å². The standard InChI is InChI=1S/C12H13FO3/c1-3-15-12(14)9(2)8-16-11-6-4-5-10(13)7-11/h4-7H,2-3,8H2,1H3. The molecule has 86 valence electrons. The van der Waals surface area contributed by atoms with E-state index >= 15 is 0 Å². The number of carbonyl (C=O) groups is 1. The van der Waals surface area contributed by atoms with Crippen molar-refractivity contribution in [2.24, 2.45) is 0 Å². The fourth-order valence-corrected chi connectivity index (χ4v) is 1.02. The summed E-state index contributed by atoms with van der Waals surface area (Å²) >= 11 is 0. The van der Waals surface area contributed by atoms with E-state index in [2.05, 4.69) is 6.58 Å². The second-order valence-electron chi connectivity index (χ2n) is 3.07. The smallest absolute Gasteiger partial charge is 0.336 e. The summed E-state index contributed by atoms with van der Waals surface area (Å²) in [5.41, 5.74) is 0.200. The zero-order valence-electron chi connectivity index (χ0n) is 9.03. The molecule has 0 amide bonds. The zero-order valence-corrected chi connectivity index (χ0v) is 9.03. The predicted molar refractivity (Wildman–Crippen MR) is 57.7 cm³/mol. The van der Waals surface area contributed by atoms with Gasteiger partial charge in [0, 0.05) is 6.07 Å². The maximum atomic E-state index is 12.8. The van der Waals surface area contributed by atoms with Gasteiger partial charge >= 0.3 is 5.97 Å². The minimum absolute atomic E-state index is 0.0116. The lowest BCUT2D eigenvalue weighted by Gasteiger charge is -2.07. The molecule has 0 aliphatic rings. The maximum Gasteiger partial charge on any atom is 0.336 e. The van der Waals surface area contributed by atoms with Gasteiger partial charge in [-0.2, -0.15) is 0 Å². The lowest BCUT2D eigenvalue weighted by Crippen LogP contribution is -2.13. The zero-order chi connectivity index (χ0) is 12.0. The summed E-state index contributed by atoms with van der Waals surface area (Å²) in [4.78, 5) is 11.2. The highest BCUT2D eigenvalue weighted by molar-refractivity contribution is 5.88. The molecule has 1 aromatic rings. The summed E-state index contributed by atoms with van der Waals surface area (Å²) < 4.78 is 22.7. The first kappa shape index (κ1) is 12.2. The van der Waals surface area contributed by atoms with Crippen LogP contribution in [-0.4, -0.2) is 19.2 Å². The topological polar surface area (TPSA) is 35.5 Å². The third-order valence-electron chi connectivity index (χ3n) is 1.77. The molecule has 0 saturated heterocycles. The van der Waals surface area contributed by atoms with Crippen LogP contribution < -0.4 is 4.74 Å². The van der Waals surface area contributed by atoms with Gasteiger partial charge in [0.2, 0.25) is 0 Å². The second kappa shape index (κ2) is 5.90. The van der Waals surface area contributed by atoms with E-state index in [0.717, 1.165) is 0 Å². The molecule has 0 radical (unpaired) electrons. The van der Waals surface area contributed by atoms with Gasteiger partial charge in [-0.3, -0.25) is 0 Å². The highest BCUT2D eigenvalue weighted by Gasteiger charge is 2.08. The molecule has 1 aromatic carbocycles. The van der Waals surface area contributed by atoms with Gasteiger partial charge in [0.15, 0.2) is 0 Å². The van der Waals surface area contributed by atoms with Crippen molar-refractivity contribution in [2.45, 2.75) is 6.92 Å². The van der Waals surface area contributed by atoms with Gasteiger partial charge in [0.1, 0.15) is 18.2 Å². The third-order valence-corrected chi connectivity index (χ3v) is 1.77. The van der Waals surface area contributed by atoms with Crippen LogP contribution >= 0.6 is 0 Å². The van der Waals surface area contributed by atoms with Gasteiger partial charge in [-0.05, 0) is 19.1 Å². The van der Waals surface area contributed by atoms with E-state index in [4.69, 9.17) is 9.47 Å². The van der Waals surface area contributed by atoms with E-state index in [1.165, 1.54) is 18.2 Å². The average Bonchev–Trinajstić information content (AvgIpc) is 2.26. The van der Waals surface area contributed by atoms with E-state index in [1.807, 2.05) is 0 Å². The minimum Gasteiger partial charge on any atom is -0.489 e. The van der Waals surface area contributed by atoms with Crippen LogP contribution in [-0.2, 0) is 9.53 Å². The first-order chi connectivity index (χ1) is 7.63.